The van der Waals surface area contributed by atoms with Crippen molar-refractivity contribution in [2.45, 2.75) is 47.1 Å². The zero-order valence-electron chi connectivity index (χ0n) is 19.6. The summed E-state index contributed by atoms with van der Waals surface area (Å²) in [6.07, 6.45) is -0.715. The number of aryl methyl sites for hydroxylation is 3. The van der Waals surface area contributed by atoms with E-state index in [1.807, 2.05) is 37.3 Å². The zero-order chi connectivity index (χ0) is 23.6. The van der Waals surface area contributed by atoms with Crippen molar-refractivity contribution in [1.82, 2.24) is 5.32 Å². The molecule has 6 heteroatoms. The average Bonchev–Trinajstić information content (AvgIpc) is 2.99. The van der Waals surface area contributed by atoms with Crippen LogP contribution in [-0.2, 0) is 14.3 Å². The fourth-order valence-corrected chi connectivity index (χ4v) is 4.62. The summed E-state index contributed by atoms with van der Waals surface area (Å²) in [4.78, 5) is 26.8. The fraction of sp³-hybridized carbons (Fsp3) is 0.308. The van der Waals surface area contributed by atoms with Crippen LogP contribution in [-0.4, -0.2) is 24.8 Å². The van der Waals surface area contributed by atoms with Crippen molar-refractivity contribution < 1.29 is 19.1 Å². The van der Waals surface area contributed by atoms with Crippen LogP contribution in [0, 0.1) is 20.8 Å². The molecule has 1 N–H and O–H groups in total. The SMILES string of the molecule is COC(=O)/C(NC(=O)OC(C)(C)C)=C(/c1ccccc1)c1cc2sc(C)c(C)c2cc1C. The van der Waals surface area contributed by atoms with Crippen molar-refractivity contribution >= 4 is 39.1 Å². The zero-order valence-corrected chi connectivity index (χ0v) is 20.4. The van der Waals surface area contributed by atoms with Gasteiger partial charge in [0.2, 0.25) is 0 Å². The number of nitrogens with one attached hydrogen (secondary N) is 1. The number of thiophene rings is 1. The molecule has 0 aliphatic carbocycles. The van der Waals surface area contributed by atoms with E-state index in [-0.39, 0.29) is 5.70 Å². The van der Waals surface area contributed by atoms with Gasteiger partial charge in [0.15, 0.2) is 0 Å². The van der Waals surface area contributed by atoms with E-state index in [0.29, 0.717) is 5.57 Å². The molecule has 0 fully saturated rings. The molecule has 168 valence electrons. The van der Waals surface area contributed by atoms with Crippen molar-refractivity contribution in [3.8, 4) is 0 Å². The lowest BCUT2D eigenvalue weighted by molar-refractivity contribution is -0.136. The molecular weight excluding hydrogens is 422 g/mol. The monoisotopic (exact) mass is 451 g/mol. The van der Waals surface area contributed by atoms with Gasteiger partial charge < -0.3 is 9.47 Å². The number of esters is 1. The molecule has 0 saturated carbocycles. The number of carbonyl (C=O) groups excluding carboxylic acids is 2. The summed E-state index contributed by atoms with van der Waals surface area (Å²) in [5, 5.41) is 3.86. The molecule has 0 spiro atoms. The number of alkyl carbamates (subject to hydrolysis) is 1. The van der Waals surface area contributed by atoms with Gasteiger partial charge >= 0.3 is 12.1 Å². The third-order valence-corrected chi connectivity index (χ3v) is 6.29. The molecule has 0 aliphatic rings. The van der Waals surface area contributed by atoms with Crippen LogP contribution >= 0.6 is 11.3 Å². The van der Waals surface area contributed by atoms with E-state index >= 15 is 0 Å². The molecule has 1 heterocycles. The molecule has 3 rings (SSSR count). The number of methoxy groups -OCH3 is 1. The molecule has 1 aromatic heterocycles. The van der Waals surface area contributed by atoms with E-state index < -0.39 is 17.7 Å². The highest BCUT2D eigenvalue weighted by atomic mass is 32.1. The Labute approximate surface area is 193 Å². The lowest BCUT2D eigenvalue weighted by Crippen LogP contribution is -2.35. The van der Waals surface area contributed by atoms with Crippen LogP contribution in [0.1, 0.15) is 47.9 Å². The highest BCUT2D eigenvalue weighted by molar-refractivity contribution is 7.19. The number of benzene rings is 2. The summed E-state index contributed by atoms with van der Waals surface area (Å²) >= 11 is 1.71. The summed E-state index contributed by atoms with van der Waals surface area (Å²) in [5.74, 6) is -0.646. The third-order valence-electron chi connectivity index (χ3n) is 5.12. The van der Waals surface area contributed by atoms with Gasteiger partial charge in [-0.3, -0.25) is 5.32 Å². The van der Waals surface area contributed by atoms with Crippen LogP contribution in [0.3, 0.4) is 0 Å². The number of fused-ring (bicyclic) bond motifs is 1. The van der Waals surface area contributed by atoms with Gasteiger partial charge in [-0.15, -0.1) is 11.3 Å². The van der Waals surface area contributed by atoms with E-state index in [4.69, 9.17) is 9.47 Å². The molecule has 3 aromatic rings. The molecule has 0 atom stereocenters. The van der Waals surface area contributed by atoms with Crippen molar-refractivity contribution in [2.75, 3.05) is 7.11 Å². The summed E-state index contributed by atoms with van der Waals surface area (Å²) in [6.45, 7) is 11.5. The van der Waals surface area contributed by atoms with Crippen LogP contribution in [0.15, 0.2) is 48.2 Å². The maximum Gasteiger partial charge on any atom is 0.412 e. The van der Waals surface area contributed by atoms with E-state index in [1.165, 1.54) is 22.9 Å². The standard InChI is InChI=1S/C26H29NO4S/c1-15-13-20-16(2)17(3)32-21(20)14-19(15)22(18-11-9-8-10-12-18)23(24(28)30-7)27-25(29)31-26(4,5)6/h8-14H,1-7H3,(H,27,29)/b23-22+. The largest absolute Gasteiger partial charge is 0.464 e. The first kappa shape index (κ1) is 23.5. The smallest absolute Gasteiger partial charge is 0.412 e. The number of amides is 1. The summed E-state index contributed by atoms with van der Waals surface area (Å²) in [5.41, 5.74) is 3.80. The normalized spacial score (nSPS) is 12.3. The van der Waals surface area contributed by atoms with Gasteiger partial charge in [-0.25, -0.2) is 9.59 Å². The summed E-state index contributed by atoms with van der Waals surface area (Å²) < 4.78 is 11.6. The Kier molecular flexibility index (Phi) is 6.74. The number of carbonyl (C=O) groups is 2. The average molecular weight is 452 g/mol. The second kappa shape index (κ2) is 9.17. The minimum atomic E-state index is -0.715. The Morgan fingerprint density at radius 1 is 1.00 bits per heavy atom. The third kappa shape index (κ3) is 5.02. The number of hydrogen-bond donors (Lipinski definition) is 1. The highest BCUT2D eigenvalue weighted by Gasteiger charge is 2.26. The fourth-order valence-electron chi connectivity index (χ4n) is 3.53. The molecule has 0 saturated heterocycles. The molecule has 5 nitrogen and oxygen atoms in total. The van der Waals surface area contributed by atoms with Gasteiger partial charge in [0.05, 0.1) is 7.11 Å². The Morgan fingerprint density at radius 3 is 2.25 bits per heavy atom. The van der Waals surface area contributed by atoms with Crippen molar-refractivity contribution in [3.63, 3.8) is 0 Å². The molecule has 2 aromatic carbocycles. The maximum absolute atomic E-state index is 12.9. The van der Waals surface area contributed by atoms with Crippen LogP contribution < -0.4 is 5.32 Å². The molecule has 0 bridgehead atoms. The lowest BCUT2D eigenvalue weighted by atomic mass is 9.91. The number of rotatable bonds is 4. The van der Waals surface area contributed by atoms with Gasteiger partial charge in [-0.2, -0.15) is 0 Å². The number of ether oxygens (including phenoxy) is 2. The van der Waals surface area contributed by atoms with Crippen molar-refractivity contribution in [3.05, 3.63) is 75.3 Å². The van der Waals surface area contributed by atoms with Crippen molar-refractivity contribution in [2.24, 2.45) is 0 Å². The van der Waals surface area contributed by atoms with E-state index in [1.54, 1.807) is 32.1 Å². The Bertz CT molecular complexity index is 1200. The van der Waals surface area contributed by atoms with Crippen LogP contribution in [0.4, 0.5) is 4.79 Å². The Morgan fingerprint density at radius 2 is 1.66 bits per heavy atom. The van der Waals surface area contributed by atoms with Crippen LogP contribution in [0.2, 0.25) is 0 Å². The number of hydrogen-bond acceptors (Lipinski definition) is 5. The second-order valence-electron chi connectivity index (χ2n) is 8.68. The lowest BCUT2D eigenvalue weighted by Gasteiger charge is -2.22. The van der Waals surface area contributed by atoms with Crippen molar-refractivity contribution in [1.29, 1.82) is 0 Å². The first-order chi connectivity index (χ1) is 15.0. The highest BCUT2D eigenvalue weighted by Crippen LogP contribution is 2.37. The van der Waals surface area contributed by atoms with Gasteiger partial charge in [0.25, 0.3) is 0 Å². The van der Waals surface area contributed by atoms with Gasteiger partial charge in [-0.1, -0.05) is 30.3 Å². The predicted octanol–water partition coefficient (Wildman–Crippen LogP) is 6.28. The molecule has 0 aliphatic heterocycles. The van der Waals surface area contributed by atoms with Gasteiger partial charge in [0.1, 0.15) is 11.3 Å². The summed E-state index contributed by atoms with van der Waals surface area (Å²) in [7, 11) is 1.30. The molecule has 32 heavy (non-hydrogen) atoms. The topological polar surface area (TPSA) is 64.6 Å². The molecule has 0 radical (unpaired) electrons. The minimum absolute atomic E-state index is 0.0420. The maximum atomic E-state index is 12.9. The van der Waals surface area contributed by atoms with Crippen LogP contribution in [0.25, 0.3) is 15.7 Å². The van der Waals surface area contributed by atoms with E-state index in [2.05, 4.69) is 31.3 Å². The first-order valence-corrected chi connectivity index (χ1v) is 11.2. The molecular formula is C26H29NO4S. The van der Waals surface area contributed by atoms with E-state index in [0.717, 1.165) is 21.4 Å². The Hall–Kier alpha value is -3.12. The second-order valence-corrected chi connectivity index (χ2v) is 9.94. The quantitative estimate of drug-likeness (QED) is 0.374. The van der Waals surface area contributed by atoms with Crippen LogP contribution in [0.5, 0.6) is 0 Å². The molecule has 0 unspecified atom stereocenters. The van der Waals surface area contributed by atoms with Gasteiger partial charge in [0, 0.05) is 15.2 Å². The summed E-state index contributed by atoms with van der Waals surface area (Å²) in [6, 6.07) is 13.7. The Balaban J connectivity index is 2.30. The van der Waals surface area contributed by atoms with E-state index in [9.17, 15) is 9.59 Å². The van der Waals surface area contributed by atoms with Gasteiger partial charge in [-0.05, 0) is 81.3 Å². The predicted molar refractivity (Wildman–Crippen MR) is 130 cm³/mol. The minimum Gasteiger partial charge on any atom is -0.464 e. The first-order valence-electron chi connectivity index (χ1n) is 10.4. The molecule has 1 amide bonds.